The van der Waals surface area contributed by atoms with Gasteiger partial charge in [0.25, 0.3) is 0 Å². The van der Waals surface area contributed by atoms with Crippen molar-refractivity contribution < 1.29 is 4.74 Å². The predicted octanol–water partition coefficient (Wildman–Crippen LogP) is 5.08. The highest BCUT2D eigenvalue weighted by molar-refractivity contribution is 5.90. The summed E-state index contributed by atoms with van der Waals surface area (Å²) in [6.45, 7) is 8.68. The summed E-state index contributed by atoms with van der Waals surface area (Å²) < 4.78 is 5.41. The molecule has 188 valence electrons. The number of aromatic amines is 1. The molecule has 7 nitrogen and oxygen atoms in total. The van der Waals surface area contributed by atoms with E-state index in [-0.39, 0.29) is 0 Å². The average molecular weight is 493 g/mol. The largest absolute Gasteiger partial charge is 0.379 e. The van der Waals surface area contributed by atoms with Crippen LogP contribution >= 0.6 is 0 Å². The second kappa shape index (κ2) is 11.8. The van der Waals surface area contributed by atoms with Gasteiger partial charge in [-0.3, -0.25) is 9.88 Å². The number of hydrogen-bond donors (Lipinski definition) is 3. The summed E-state index contributed by atoms with van der Waals surface area (Å²) in [7, 11) is 0. The Balaban J connectivity index is 1.25. The molecule has 3 N–H and O–H groups in total. The summed E-state index contributed by atoms with van der Waals surface area (Å²) in [4.78, 5) is 9.96. The molecule has 5 rings (SSSR count). The minimum Gasteiger partial charge on any atom is -0.379 e. The molecule has 0 bridgehead atoms. The third kappa shape index (κ3) is 6.07. The topological polar surface area (TPSA) is 89.0 Å². The predicted molar refractivity (Wildman–Crippen MR) is 150 cm³/mol. The third-order valence-corrected chi connectivity index (χ3v) is 6.83. The van der Waals surface area contributed by atoms with Crippen LogP contribution in [0.3, 0.4) is 0 Å². The second-order valence-corrected chi connectivity index (χ2v) is 9.27. The van der Waals surface area contributed by atoms with Gasteiger partial charge in [0.15, 0.2) is 0 Å². The highest BCUT2D eigenvalue weighted by Gasteiger charge is 2.11. The smallest absolute Gasteiger partial charge is 0.103 e. The number of fused-ring (bicyclic) bond motifs is 1. The van der Waals surface area contributed by atoms with E-state index in [0.29, 0.717) is 5.56 Å². The van der Waals surface area contributed by atoms with Crippen molar-refractivity contribution in [2.45, 2.75) is 13.5 Å². The van der Waals surface area contributed by atoms with Gasteiger partial charge in [-0.25, -0.2) is 0 Å². The fourth-order valence-electron chi connectivity index (χ4n) is 4.61. The lowest BCUT2D eigenvalue weighted by atomic mass is 10.1. The van der Waals surface area contributed by atoms with E-state index in [4.69, 9.17) is 4.74 Å². The highest BCUT2D eigenvalue weighted by Crippen LogP contribution is 2.31. The Kier molecular flexibility index (Phi) is 7.92. The number of anilines is 2. The number of H-pyrrole nitrogens is 1. The Morgan fingerprint density at radius 2 is 1.92 bits per heavy atom. The molecular weight excluding hydrogens is 460 g/mol. The summed E-state index contributed by atoms with van der Waals surface area (Å²) in [6.07, 6.45) is 9.40. The standard InChI is InChI=1S/C30H32N6O/c1-22-27-10-11-34-29(27)9-8-28(22)35-30-25(20-33-21-26(30)18-31)7-6-23-2-4-24(5-3-23)19-32-12-13-36-14-16-37-17-15-36/h2-11,20-21,32,34H,12-17,19H2,1H3,(H,33,35). The number of aryl methyl sites for hydroxylation is 1. The first-order valence-corrected chi connectivity index (χ1v) is 12.7. The average Bonchev–Trinajstić information content (AvgIpc) is 3.43. The molecule has 0 atom stereocenters. The van der Waals surface area contributed by atoms with Crippen molar-refractivity contribution in [1.82, 2.24) is 20.2 Å². The number of pyridine rings is 1. The molecule has 0 unspecified atom stereocenters. The van der Waals surface area contributed by atoms with Crippen LogP contribution < -0.4 is 10.6 Å². The Labute approximate surface area is 217 Å². The van der Waals surface area contributed by atoms with Crippen LogP contribution in [0.5, 0.6) is 0 Å². The van der Waals surface area contributed by atoms with Crippen LogP contribution in [0.25, 0.3) is 23.1 Å². The molecule has 0 aliphatic carbocycles. The van der Waals surface area contributed by atoms with Crippen LogP contribution in [0.15, 0.2) is 61.1 Å². The monoisotopic (exact) mass is 492 g/mol. The van der Waals surface area contributed by atoms with E-state index in [1.165, 1.54) is 5.56 Å². The molecule has 0 spiro atoms. The molecule has 1 fully saturated rings. The number of rotatable bonds is 9. The molecule has 1 saturated heterocycles. The summed E-state index contributed by atoms with van der Waals surface area (Å²) in [5.74, 6) is 0. The maximum absolute atomic E-state index is 9.73. The van der Waals surface area contributed by atoms with Crippen molar-refractivity contribution in [3.63, 3.8) is 0 Å². The number of nitriles is 1. The van der Waals surface area contributed by atoms with Gasteiger partial charge in [0.05, 0.1) is 24.5 Å². The van der Waals surface area contributed by atoms with Crippen molar-refractivity contribution in [2.75, 3.05) is 44.7 Å². The zero-order valence-electron chi connectivity index (χ0n) is 21.1. The van der Waals surface area contributed by atoms with Gasteiger partial charge >= 0.3 is 0 Å². The van der Waals surface area contributed by atoms with E-state index >= 15 is 0 Å². The van der Waals surface area contributed by atoms with Crippen LogP contribution in [0, 0.1) is 18.3 Å². The number of ether oxygens (including phenoxy) is 1. The van der Waals surface area contributed by atoms with Gasteiger partial charge in [0, 0.05) is 73.5 Å². The molecular formula is C30H32N6O. The lowest BCUT2D eigenvalue weighted by molar-refractivity contribution is 0.0384. The number of nitrogens with one attached hydrogen (secondary N) is 3. The Morgan fingerprint density at radius 3 is 2.73 bits per heavy atom. The van der Waals surface area contributed by atoms with Crippen molar-refractivity contribution in [2.24, 2.45) is 0 Å². The van der Waals surface area contributed by atoms with Gasteiger partial charge in [0.1, 0.15) is 6.07 Å². The maximum Gasteiger partial charge on any atom is 0.103 e. The SMILES string of the molecule is Cc1c(Nc2c(C#N)cncc2C=Cc2ccc(CNCCN3CCOCC3)cc2)ccc2[nH]ccc12. The van der Waals surface area contributed by atoms with Crippen LogP contribution in [0.2, 0.25) is 0 Å². The molecule has 2 aromatic carbocycles. The van der Waals surface area contributed by atoms with Gasteiger partial charge in [-0.2, -0.15) is 5.26 Å². The van der Waals surface area contributed by atoms with Crippen LogP contribution in [0.1, 0.15) is 27.8 Å². The fourth-order valence-corrected chi connectivity index (χ4v) is 4.61. The van der Waals surface area contributed by atoms with Gasteiger partial charge in [-0.1, -0.05) is 36.4 Å². The van der Waals surface area contributed by atoms with E-state index in [2.05, 4.69) is 74.9 Å². The van der Waals surface area contributed by atoms with Crippen LogP contribution in [-0.2, 0) is 11.3 Å². The normalized spacial score (nSPS) is 14.3. The molecule has 1 aliphatic heterocycles. The van der Waals surface area contributed by atoms with Gasteiger partial charge in [0.2, 0.25) is 0 Å². The number of benzene rings is 2. The third-order valence-electron chi connectivity index (χ3n) is 6.83. The van der Waals surface area contributed by atoms with Crippen molar-refractivity contribution in [3.05, 3.63) is 88.9 Å². The van der Waals surface area contributed by atoms with Crippen molar-refractivity contribution >= 4 is 34.4 Å². The Bertz CT molecular complexity index is 1410. The van der Waals surface area contributed by atoms with Crippen molar-refractivity contribution in [3.8, 4) is 6.07 Å². The molecule has 2 aromatic heterocycles. The molecule has 0 saturated carbocycles. The first-order valence-electron chi connectivity index (χ1n) is 12.7. The number of aromatic nitrogens is 2. The zero-order chi connectivity index (χ0) is 25.5. The second-order valence-electron chi connectivity index (χ2n) is 9.27. The molecule has 7 heteroatoms. The molecule has 4 aromatic rings. The first-order chi connectivity index (χ1) is 18.2. The summed E-state index contributed by atoms with van der Waals surface area (Å²) >= 11 is 0. The Hall–Kier alpha value is -3.96. The van der Waals surface area contributed by atoms with Crippen LogP contribution in [-0.4, -0.2) is 54.3 Å². The Morgan fingerprint density at radius 1 is 1.08 bits per heavy atom. The summed E-state index contributed by atoms with van der Waals surface area (Å²) in [5, 5.41) is 17.9. The minimum atomic E-state index is 0.509. The van der Waals surface area contributed by atoms with Gasteiger partial charge in [-0.05, 0) is 41.8 Å². The van der Waals surface area contributed by atoms with Crippen LogP contribution in [0.4, 0.5) is 11.4 Å². The zero-order valence-corrected chi connectivity index (χ0v) is 21.1. The summed E-state index contributed by atoms with van der Waals surface area (Å²) in [5.41, 5.74) is 7.66. The van der Waals surface area contributed by atoms with Gasteiger partial charge < -0.3 is 20.4 Å². The number of morpholine rings is 1. The first kappa shape index (κ1) is 24.7. The number of hydrogen-bond acceptors (Lipinski definition) is 6. The van der Waals surface area contributed by atoms with Gasteiger partial charge in [-0.15, -0.1) is 0 Å². The van der Waals surface area contributed by atoms with Crippen molar-refractivity contribution in [1.29, 1.82) is 5.26 Å². The molecule has 1 aliphatic rings. The van der Waals surface area contributed by atoms with E-state index in [9.17, 15) is 5.26 Å². The minimum absolute atomic E-state index is 0.509. The highest BCUT2D eigenvalue weighted by atomic mass is 16.5. The fraction of sp³-hybridized carbons (Fsp3) is 0.267. The van der Waals surface area contributed by atoms with E-state index in [1.807, 2.05) is 24.4 Å². The van der Waals surface area contributed by atoms with E-state index < -0.39 is 0 Å². The van der Waals surface area contributed by atoms with E-state index in [0.717, 1.165) is 84.9 Å². The lowest BCUT2D eigenvalue weighted by Gasteiger charge is -2.26. The molecule has 0 radical (unpaired) electrons. The quantitative estimate of drug-likeness (QED) is 0.283. The molecule has 3 heterocycles. The lowest BCUT2D eigenvalue weighted by Crippen LogP contribution is -2.40. The molecule has 0 amide bonds. The number of nitrogens with zero attached hydrogens (tertiary/aromatic N) is 3. The summed E-state index contributed by atoms with van der Waals surface area (Å²) in [6, 6.07) is 17.0. The van der Waals surface area contributed by atoms with E-state index in [1.54, 1.807) is 12.4 Å². The molecule has 37 heavy (non-hydrogen) atoms. The maximum atomic E-state index is 9.73.